The molecule has 1 aromatic carbocycles. The second-order valence-corrected chi connectivity index (χ2v) is 7.87. The van der Waals surface area contributed by atoms with Crippen molar-refractivity contribution in [1.82, 2.24) is 14.9 Å². The lowest BCUT2D eigenvalue weighted by Crippen LogP contribution is -2.31. The lowest BCUT2D eigenvalue weighted by atomic mass is 10.1. The highest BCUT2D eigenvalue weighted by Gasteiger charge is 2.35. The SMILES string of the molecule is Cc1ccccc1-c1ccc(CN2CCc3nc(C(F)(F)F)ncc3C2)s1. The lowest BCUT2D eigenvalue weighted by molar-refractivity contribution is -0.145. The fraction of sp³-hybridized carbons (Fsp3) is 0.300. The van der Waals surface area contributed by atoms with Crippen molar-refractivity contribution in [3.8, 4) is 10.4 Å². The summed E-state index contributed by atoms with van der Waals surface area (Å²) in [6.07, 6.45) is -2.66. The van der Waals surface area contributed by atoms with Crippen molar-refractivity contribution in [2.75, 3.05) is 6.54 Å². The van der Waals surface area contributed by atoms with Gasteiger partial charge in [-0.25, -0.2) is 9.97 Å². The first kappa shape index (κ1) is 18.1. The molecule has 140 valence electrons. The van der Waals surface area contributed by atoms with Gasteiger partial charge < -0.3 is 0 Å². The molecule has 0 atom stereocenters. The third kappa shape index (κ3) is 3.89. The molecule has 1 aliphatic rings. The molecule has 7 heteroatoms. The molecule has 0 spiro atoms. The normalized spacial score (nSPS) is 15.0. The van der Waals surface area contributed by atoms with Gasteiger partial charge in [0.1, 0.15) is 0 Å². The molecule has 0 N–H and O–H groups in total. The van der Waals surface area contributed by atoms with E-state index in [4.69, 9.17) is 0 Å². The third-order valence-electron chi connectivity index (χ3n) is 4.72. The Morgan fingerprint density at radius 3 is 2.74 bits per heavy atom. The molecule has 0 saturated heterocycles. The molecule has 0 radical (unpaired) electrons. The summed E-state index contributed by atoms with van der Waals surface area (Å²) in [5.41, 5.74) is 3.78. The number of rotatable bonds is 3. The molecule has 0 aliphatic carbocycles. The maximum absolute atomic E-state index is 12.8. The number of hydrogen-bond acceptors (Lipinski definition) is 4. The zero-order valence-corrected chi connectivity index (χ0v) is 15.6. The van der Waals surface area contributed by atoms with Gasteiger partial charge in [0.2, 0.25) is 5.82 Å². The minimum absolute atomic E-state index is 0.511. The smallest absolute Gasteiger partial charge is 0.293 e. The molecule has 1 aliphatic heterocycles. The van der Waals surface area contributed by atoms with Crippen LogP contribution in [0.4, 0.5) is 13.2 Å². The predicted molar refractivity (Wildman–Crippen MR) is 99.3 cm³/mol. The molecule has 27 heavy (non-hydrogen) atoms. The average Bonchev–Trinajstić information content (AvgIpc) is 3.09. The Balaban J connectivity index is 1.47. The summed E-state index contributed by atoms with van der Waals surface area (Å²) in [4.78, 5) is 11.9. The minimum atomic E-state index is -4.49. The Bertz CT molecular complexity index is 965. The molecule has 4 rings (SSSR count). The van der Waals surface area contributed by atoms with E-state index in [-0.39, 0.29) is 0 Å². The predicted octanol–water partition coefficient (Wildman–Crippen LogP) is 5.09. The maximum atomic E-state index is 12.8. The zero-order chi connectivity index (χ0) is 19.0. The molecule has 2 aromatic heterocycles. The quantitative estimate of drug-likeness (QED) is 0.625. The van der Waals surface area contributed by atoms with Crippen LogP contribution in [-0.2, 0) is 25.7 Å². The van der Waals surface area contributed by atoms with Crippen LogP contribution in [0.1, 0.15) is 27.5 Å². The first-order chi connectivity index (χ1) is 12.9. The largest absolute Gasteiger partial charge is 0.451 e. The van der Waals surface area contributed by atoms with Crippen LogP contribution in [0, 0.1) is 6.92 Å². The Labute approximate surface area is 159 Å². The van der Waals surface area contributed by atoms with E-state index < -0.39 is 12.0 Å². The van der Waals surface area contributed by atoms with Crippen molar-refractivity contribution in [1.29, 1.82) is 0 Å². The van der Waals surface area contributed by atoms with Gasteiger partial charge in [0.25, 0.3) is 0 Å². The van der Waals surface area contributed by atoms with E-state index in [2.05, 4.69) is 46.1 Å². The number of alkyl halides is 3. The fourth-order valence-corrected chi connectivity index (χ4v) is 4.46. The van der Waals surface area contributed by atoms with Crippen LogP contribution in [0.15, 0.2) is 42.6 Å². The van der Waals surface area contributed by atoms with Crippen molar-refractivity contribution in [2.45, 2.75) is 32.6 Å². The maximum Gasteiger partial charge on any atom is 0.451 e. The van der Waals surface area contributed by atoms with Gasteiger partial charge in [-0.15, -0.1) is 11.3 Å². The highest BCUT2D eigenvalue weighted by Crippen LogP contribution is 2.32. The van der Waals surface area contributed by atoms with Crippen molar-refractivity contribution < 1.29 is 13.2 Å². The van der Waals surface area contributed by atoms with Crippen molar-refractivity contribution in [3.63, 3.8) is 0 Å². The zero-order valence-electron chi connectivity index (χ0n) is 14.8. The topological polar surface area (TPSA) is 29.0 Å². The highest BCUT2D eigenvalue weighted by atomic mass is 32.1. The number of fused-ring (bicyclic) bond motifs is 1. The summed E-state index contributed by atoms with van der Waals surface area (Å²) < 4.78 is 38.3. The van der Waals surface area contributed by atoms with Crippen LogP contribution in [0.5, 0.6) is 0 Å². The van der Waals surface area contributed by atoms with E-state index >= 15 is 0 Å². The van der Waals surface area contributed by atoms with E-state index in [0.717, 1.165) is 12.1 Å². The summed E-state index contributed by atoms with van der Waals surface area (Å²) >= 11 is 1.76. The molecule has 3 heterocycles. The van der Waals surface area contributed by atoms with Crippen LogP contribution in [0.2, 0.25) is 0 Å². The average molecular weight is 389 g/mol. The van der Waals surface area contributed by atoms with Gasteiger partial charge in [0.05, 0.1) is 5.69 Å². The van der Waals surface area contributed by atoms with Crippen LogP contribution in [-0.4, -0.2) is 21.4 Å². The molecule has 0 bridgehead atoms. The molecule has 3 aromatic rings. The van der Waals surface area contributed by atoms with Crippen LogP contribution in [0.25, 0.3) is 10.4 Å². The van der Waals surface area contributed by atoms with Crippen molar-refractivity contribution in [2.24, 2.45) is 0 Å². The standard InChI is InChI=1S/C20H18F3N3S/c1-13-4-2-3-5-16(13)18-7-6-15(27-18)12-26-9-8-17-14(11-26)10-24-19(25-17)20(21,22)23/h2-7,10H,8-9,11-12H2,1H3. The van der Waals surface area contributed by atoms with E-state index in [1.807, 2.05) is 12.1 Å². The van der Waals surface area contributed by atoms with Gasteiger partial charge in [0.15, 0.2) is 0 Å². The molecule has 0 unspecified atom stereocenters. The Hall–Kier alpha value is -2.25. The summed E-state index contributed by atoms with van der Waals surface area (Å²) in [7, 11) is 0. The summed E-state index contributed by atoms with van der Waals surface area (Å²) in [5, 5.41) is 0. The molecule has 3 nitrogen and oxygen atoms in total. The lowest BCUT2D eigenvalue weighted by Gasteiger charge is -2.27. The van der Waals surface area contributed by atoms with E-state index in [9.17, 15) is 13.2 Å². The molecule has 0 saturated carbocycles. The molecule has 0 fully saturated rings. The van der Waals surface area contributed by atoms with Crippen LogP contribution >= 0.6 is 11.3 Å². The minimum Gasteiger partial charge on any atom is -0.293 e. The number of benzene rings is 1. The van der Waals surface area contributed by atoms with Gasteiger partial charge in [-0.1, -0.05) is 24.3 Å². The molecular weight excluding hydrogens is 371 g/mol. The van der Waals surface area contributed by atoms with E-state index in [1.165, 1.54) is 27.1 Å². The van der Waals surface area contributed by atoms with E-state index in [0.29, 0.717) is 25.2 Å². The summed E-state index contributed by atoms with van der Waals surface area (Å²) in [6.45, 7) is 4.15. The number of aryl methyl sites for hydroxylation is 1. The van der Waals surface area contributed by atoms with Crippen molar-refractivity contribution >= 4 is 11.3 Å². The van der Waals surface area contributed by atoms with Gasteiger partial charge >= 0.3 is 6.18 Å². The van der Waals surface area contributed by atoms with Gasteiger partial charge in [-0.2, -0.15) is 13.2 Å². The Morgan fingerprint density at radius 1 is 1.15 bits per heavy atom. The van der Waals surface area contributed by atoms with Crippen LogP contribution in [0.3, 0.4) is 0 Å². The van der Waals surface area contributed by atoms with Crippen molar-refractivity contribution in [3.05, 3.63) is 70.1 Å². The van der Waals surface area contributed by atoms with Crippen LogP contribution < -0.4 is 0 Å². The second-order valence-electron chi connectivity index (χ2n) is 6.70. The second kappa shape index (κ2) is 7.05. The third-order valence-corrected chi connectivity index (χ3v) is 5.82. The molecular formula is C20H18F3N3S. The first-order valence-electron chi connectivity index (χ1n) is 8.69. The number of thiophene rings is 1. The van der Waals surface area contributed by atoms with Gasteiger partial charge in [-0.05, 0) is 30.2 Å². The Morgan fingerprint density at radius 2 is 1.96 bits per heavy atom. The number of nitrogens with zero attached hydrogens (tertiary/aromatic N) is 3. The highest BCUT2D eigenvalue weighted by molar-refractivity contribution is 7.15. The number of hydrogen-bond donors (Lipinski definition) is 0. The fourth-order valence-electron chi connectivity index (χ4n) is 3.32. The monoisotopic (exact) mass is 389 g/mol. The van der Waals surface area contributed by atoms with E-state index in [1.54, 1.807) is 11.3 Å². The van der Waals surface area contributed by atoms with Gasteiger partial charge in [0, 0.05) is 47.6 Å². The summed E-state index contributed by atoms with van der Waals surface area (Å²) in [5.74, 6) is -1.05. The number of halogens is 3. The van der Waals surface area contributed by atoms with Gasteiger partial charge in [-0.3, -0.25) is 4.90 Å². The Kier molecular flexibility index (Phi) is 4.74. The first-order valence-corrected chi connectivity index (χ1v) is 9.51. The number of aromatic nitrogens is 2. The summed E-state index contributed by atoms with van der Waals surface area (Å²) in [6, 6.07) is 12.6. The molecule has 0 amide bonds.